The van der Waals surface area contributed by atoms with Gasteiger partial charge in [0.15, 0.2) is 0 Å². The van der Waals surface area contributed by atoms with Gasteiger partial charge < -0.3 is 10.6 Å². The Hall–Kier alpha value is -2.47. The van der Waals surface area contributed by atoms with Crippen molar-refractivity contribution in [2.24, 2.45) is 0 Å². The number of hydrogen-bond donors (Lipinski definition) is 2. The van der Waals surface area contributed by atoms with Crippen molar-refractivity contribution in [3.8, 4) is 11.3 Å². The second-order valence-corrected chi connectivity index (χ2v) is 5.55. The van der Waals surface area contributed by atoms with Gasteiger partial charge in [-0.3, -0.25) is 0 Å². The van der Waals surface area contributed by atoms with E-state index in [-0.39, 0.29) is 0 Å². The Bertz CT molecular complexity index is 761. The predicted molar refractivity (Wildman–Crippen MR) is 85.7 cm³/mol. The van der Waals surface area contributed by atoms with E-state index in [9.17, 15) is 0 Å². The zero-order valence-electron chi connectivity index (χ0n) is 12.2. The maximum atomic E-state index is 4.59. The molecule has 0 spiro atoms. The summed E-state index contributed by atoms with van der Waals surface area (Å²) in [5.41, 5.74) is 1.99. The molecule has 1 aliphatic rings. The summed E-state index contributed by atoms with van der Waals surface area (Å²) in [5, 5.41) is 11.3. The molecule has 3 heterocycles. The van der Waals surface area contributed by atoms with Crippen LogP contribution in [0.5, 0.6) is 0 Å². The zero-order chi connectivity index (χ0) is 14.8. The Balaban J connectivity index is 1.74. The van der Waals surface area contributed by atoms with Crippen LogP contribution in [-0.2, 0) is 0 Å². The summed E-state index contributed by atoms with van der Waals surface area (Å²) in [4.78, 5) is 8.84. The molecule has 1 saturated heterocycles. The first-order valence-corrected chi connectivity index (χ1v) is 7.63. The van der Waals surface area contributed by atoms with Crippen molar-refractivity contribution in [1.29, 1.82) is 0 Å². The number of aromatic nitrogens is 4. The highest BCUT2D eigenvalue weighted by Gasteiger charge is 2.16. The molecule has 0 radical (unpaired) electrons. The molecule has 1 aromatic carbocycles. The van der Waals surface area contributed by atoms with Crippen LogP contribution >= 0.6 is 0 Å². The molecule has 4 rings (SSSR count). The molecule has 0 amide bonds. The van der Waals surface area contributed by atoms with Gasteiger partial charge in [-0.25, -0.2) is 4.98 Å². The summed E-state index contributed by atoms with van der Waals surface area (Å²) in [5.74, 6) is 1.56. The van der Waals surface area contributed by atoms with Crippen LogP contribution in [0.4, 0.5) is 5.82 Å². The molecule has 1 aliphatic heterocycles. The minimum absolute atomic E-state index is 0.409. The Morgan fingerprint density at radius 3 is 2.95 bits per heavy atom. The number of hydrogen-bond acceptors (Lipinski definition) is 5. The van der Waals surface area contributed by atoms with Crippen LogP contribution in [-0.4, -0.2) is 38.7 Å². The van der Waals surface area contributed by atoms with Crippen molar-refractivity contribution < 1.29 is 0 Å². The van der Waals surface area contributed by atoms with E-state index >= 15 is 0 Å². The molecule has 2 N–H and O–H groups in total. The van der Waals surface area contributed by atoms with Crippen molar-refractivity contribution in [1.82, 2.24) is 24.9 Å². The van der Waals surface area contributed by atoms with Crippen molar-refractivity contribution in [3.05, 3.63) is 42.7 Å². The molecular weight excluding hydrogens is 276 g/mol. The highest BCUT2D eigenvalue weighted by Crippen LogP contribution is 2.22. The minimum atomic E-state index is 0.409. The first kappa shape index (κ1) is 13.2. The van der Waals surface area contributed by atoms with E-state index in [4.69, 9.17) is 0 Å². The summed E-state index contributed by atoms with van der Waals surface area (Å²) in [7, 11) is 0. The Labute approximate surface area is 128 Å². The number of nitrogens with zero attached hydrogens (tertiary/aromatic N) is 4. The molecule has 0 saturated carbocycles. The molecule has 6 heteroatoms. The lowest BCUT2D eigenvalue weighted by Crippen LogP contribution is -2.38. The van der Waals surface area contributed by atoms with Crippen LogP contribution in [0, 0.1) is 0 Å². The molecule has 2 aromatic heterocycles. The van der Waals surface area contributed by atoms with Gasteiger partial charge in [-0.1, -0.05) is 30.3 Å². The zero-order valence-corrected chi connectivity index (χ0v) is 12.2. The average Bonchev–Trinajstić information content (AvgIpc) is 3.05. The van der Waals surface area contributed by atoms with E-state index in [1.54, 1.807) is 10.8 Å². The number of fused-ring (bicyclic) bond motifs is 1. The van der Waals surface area contributed by atoms with Gasteiger partial charge in [0.05, 0.1) is 5.69 Å². The monoisotopic (exact) mass is 294 g/mol. The number of anilines is 1. The molecule has 1 fully saturated rings. The summed E-state index contributed by atoms with van der Waals surface area (Å²) in [6.45, 7) is 2.07. The Kier molecular flexibility index (Phi) is 3.44. The second-order valence-electron chi connectivity index (χ2n) is 5.55. The van der Waals surface area contributed by atoms with Crippen molar-refractivity contribution in [2.75, 3.05) is 18.4 Å². The van der Waals surface area contributed by atoms with E-state index < -0.39 is 0 Å². The smallest absolute Gasteiger partial charge is 0.254 e. The molecule has 0 unspecified atom stereocenters. The third kappa shape index (κ3) is 2.53. The topological polar surface area (TPSA) is 67.1 Å². The summed E-state index contributed by atoms with van der Waals surface area (Å²) < 4.78 is 1.76. The standard InChI is InChI=1S/C16H18N6/c1-2-5-12(6-3-1)14-9-15(20-13-7-4-8-17-10-13)22-16(21-14)18-11-19-22/h1-3,5-6,9,11,13,17,20H,4,7-8,10H2/t13-/m0/s1. The van der Waals surface area contributed by atoms with Crippen LogP contribution in [0.25, 0.3) is 17.0 Å². The number of nitrogens with one attached hydrogen (secondary N) is 2. The molecule has 22 heavy (non-hydrogen) atoms. The molecular formula is C16H18N6. The fourth-order valence-corrected chi connectivity index (χ4v) is 2.86. The van der Waals surface area contributed by atoms with Gasteiger partial charge in [-0.05, 0) is 19.4 Å². The summed E-state index contributed by atoms with van der Waals surface area (Å²) >= 11 is 0. The SMILES string of the molecule is c1ccc(-c2cc(N[C@H]3CCCNC3)n3ncnc3n2)cc1. The van der Waals surface area contributed by atoms with E-state index in [1.165, 1.54) is 6.42 Å². The molecule has 0 aliphatic carbocycles. The minimum Gasteiger partial charge on any atom is -0.366 e. The lowest BCUT2D eigenvalue weighted by atomic mass is 10.1. The maximum Gasteiger partial charge on any atom is 0.254 e. The van der Waals surface area contributed by atoms with Gasteiger partial charge in [-0.15, -0.1) is 0 Å². The summed E-state index contributed by atoms with van der Waals surface area (Å²) in [6.07, 6.45) is 3.89. The van der Waals surface area contributed by atoms with E-state index in [1.807, 2.05) is 24.3 Å². The van der Waals surface area contributed by atoms with Crippen molar-refractivity contribution >= 4 is 11.6 Å². The fraction of sp³-hybridized carbons (Fsp3) is 0.312. The third-order valence-electron chi connectivity index (χ3n) is 3.97. The quantitative estimate of drug-likeness (QED) is 0.773. The fourth-order valence-electron chi connectivity index (χ4n) is 2.86. The van der Waals surface area contributed by atoms with Crippen LogP contribution in [0.3, 0.4) is 0 Å². The van der Waals surface area contributed by atoms with Crippen LogP contribution in [0.15, 0.2) is 42.7 Å². The molecule has 6 nitrogen and oxygen atoms in total. The first-order valence-electron chi connectivity index (χ1n) is 7.63. The molecule has 112 valence electrons. The highest BCUT2D eigenvalue weighted by atomic mass is 15.4. The van der Waals surface area contributed by atoms with Gasteiger partial charge in [0, 0.05) is 24.2 Å². The van der Waals surface area contributed by atoms with E-state index in [0.717, 1.165) is 36.6 Å². The molecule has 3 aromatic rings. The maximum absolute atomic E-state index is 4.59. The van der Waals surface area contributed by atoms with Gasteiger partial charge in [0.1, 0.15) is 12.1 Å². The number of benzene rings is 1. The second kappa shape index (κ2) is 5.73. The highest BCUT2D eigenvalue weighted by molar-refractivity contribution is 5.65. The van der Waals surface area contributed by atoms with Crippen LogP contribution in [0.1, 0.15) is 12.8 Å². The number of piperidine rings is 1. The Morgan fingerprint density at radius 2 is 2.14 bits per heavy atom. The van der Waals surface area contributed by atoms with Gasteiger partial charge >= 0.3 is 0 Å². The summed E-state index contributed by atoms with van der Waals surface area (Å²) in [6, 6.07) is 12.6. The predicted octanol–water partition coefficient (Wildman–Crippen LogP) is 1.96. The molecule has 1 atom stereocenters. The lowest BCUT2D eigenvalue weighted by molar-refractivity contribution is 0.478. The van der Waals surface area contributed by atoms with Gasteiger partial charge in [0.25, 0.3) is 5.78 Å². The largest absolute Gasteiger partial charge is 0.366 e. The molecule has 0 bridgehead atoms. The third-order valence-corrected chi connectivity index (χ3v) is 3.97. The normalized spacial score (nSPS) is 18.5. The average molecular weight is 294 g/mol. The lowest BCUT2D eigenvalue weighted by Gasteiger charge is -2.25. The van der Waals surface area contributed by atoms with Gasteiger partial charge in [-0.2, -0.15) is 14.6 Å². The first-order chi connectivity index (χ1) is 10.9. The van der Waals surface area contributed by atoms with E-state index in [2.05, 4.69) is 37.8 Å². The van der Waals surface area contributed by atoms with Crippen LogP contribution in [0.2, 0.25) is 0 Å². The van der Waals surface area contributed by atoms with Crippen molar-refractivity contribution in [2.45, 2.75) is 18.9 Å². The Morgan fingerprint density at radius 1 is 1.23 bits per heavy atom. The van der Waals surface area contributed by atoms with Crippen LogP contribution < -0.4 is 10.6 Å². The number of rotatable bonds is 3. The van der Waals surface area contributed by atoms with E-state index in [0.29, 0.717) is 11.8 Å². The van der Waals surface area contributed by atoms with Crippen molar-refractivity contribution in [3.63, 3.8) is 0 Å². The van der Waals surface area contributed by atoms with Gasteiger partial charge in [0.2, 0.25) is 0 Å².